The number of benzene rings is 1. The van der Waals surface area contributed by atoms with E-state index in [1.165, 1.54) is 103 Å². The lowest BCUT2D eigenvalue weighted by Gasteiger charge is -2.41. The Bertz CT molecular complexity index is 1170. The van der Waals surface area contributed by atoms with E-state index in [2.05, 4.69) is 68.7 Å². The van der Waals surface area contributed by atoms with Crippen LogP contribution in [0.1, 0.15) is 186 Å². The topological polar surface area (TPSA) is 29.5 Å². The van der Waals surface area contributed by atoms with Crippen molar-refractivity contribution < 1.29 is 9.84 Å². The Hall–Kier alpha value is -1.74. The molecule has 4 fully saturated rings. The van der Waals surface area contributed by atoms with Crippen LogP contribution in [0, 0.1) is 59.2 Å². The van der Waals surface area contributed by atoms with Crippen LogP contribution in [0.2, 0.25) is 0 Å². The van der Waals surface area contributed by atoms with Crippen LogP contribution in [-0.4, -0.2) is 22.9 Å². The zero-order valence-corrected chi connectivity index (χ0v) is 31.3. The molecule has 0 aliphatic heterocycles. The van der Waals surface area contributed by atoms with Crippen molar-refractivity contribution in [2.24, 2.45) is 35.5 Å². The van der Waals surface area contributed by atoms with Gasteiger partial charge < -0.3 is 9.84 Å². The molecule has 1 aromatic rings. The summed E-state index contributed by atoms with van der Waals surface area (Å²) in [5, 5.41) is 11.3. The van der Waals surface area contributed by atoms with Crippen molar-refractivity contribution in [3.63, 3.8) is 0 Å². The Morgan fingerprint density at radius 2 is 1.04 bits per heavy atom. The lowest BCUT2D eigenvalue weighted by atomic mass is 9.67. The molecule has 4 saturated carbocycles. The number of rotatable bonds is 12. The number of aliphatic hydroxyl groups is 1. The highest BCUT2D eigenvalue weighted by atomic mass is 16.5. The van der Waals surface area contributed by atoms with Gasteiger partial charge in [-0.3, -0.25) is 0 Å². The third-order valence-electron chi connectivity index (χ3n) is 13.4. The maximum Gasteiger partial charge on any atom is 0.129 e. The van der Waals surface area contributed by atoms with Crippen LogP contribution in [-0.2, 0) is 4.74 Å². The second kappa shape index (κ2) is 19.0. The monoisotopic (exact) mass is 655 g/mol. The fourth-order valence-electron chi connectivity index (χ4n) is 10.0. The van der Waals surface area contributed by atoms with Crippen molar-refractivity contribution >= 4 is 0 Å². The summed E-state index contributed by atoms with van der Waals surface area (Å²) in [6.07, 6.45) is 30.7. The van der Waals surface area contributed by atoms with E-state index in [0.29, 0.717) is 0 Å². The number of ether oxygens (including phenoxy) is 1. The van der Waals surface area contributed by atoms with E-state index < -0.39 is 5.60 Å². The van der Waals surface area contributed by atoms with Gasteiger partial charge in [-0.25, -0.2) is 0 Å². The summed E-state index contributed by atoms with van der Waals surface area (Å²) in [5.41, 5.74) is 0.886. The molecule has 0 saturated heterocycles. The summed E-state index contributed by atoms with van der Waals surface area (Å²) in [5.74, 6) is 19.2. The molecule has 48 heavy (non-hydrogen) atoms. The molecule has 4 aliphatic carbocycles. The third-order valence-corrected chi connectivity index (χ3v) is 13.4. The van der Waals surface area contributed by atoms with Gasteiger partial charge in [0.1, 0.15) is 11.2 Å². The molecule has 0 unspecified atom stereocenters. The first-order valence-corrected chi connectivity index (χ1v) is 21.0. The molecule has 266 valence electrons. The molecule has 4 aliphatic rings. The van der Waals surface area contributed by atoms with Gasteiger partial charge in [-0.1, -0.05) is 115 Å². The molecule has 5 rings (SSSR count). The summed E-state index contributed by atoms with van der Waals surface area (Å²) >= 11 is 0. The molecule has 0 radical (unpaired) electrons. The zero-order valence-electron chi connectivity index (χ0n) is 31.3. The summed E-state index contributed by atoms with van der Waals surface area (Å²) < 4.78 is 6.62. The van der Waals surface area contributed by atoms with Crippen molar-refractivity contribution in [3.05, 3.63) is 35.4 Å². The van der Waals surface area contributed by atoms with E-state index in [1.807, 2.05) is 0 Å². The van der Waals surface area contributed by atoms with E-state index in [4.69, 9.17) is 4.74 Å². The van der Waals surface area contributed by atoms with E-state index in [-0.39, 0.29) is 5.60 Å². The summed E-state index contributed by atoms with van der Waals surface area (Å²) in [4.78, 5) is 0. The summed E-state index contributed by atoms with van der Waals surface area (Å²) in [7, 11) is 0. The second-order valence-electron chi connectivity index (χ2n) is 16.8. The molecule has 0 amide bonds. The van der Waals surface area contributed by atoms with Crippen LogP contribution in [0.15, 0.2) is 24.3 Å². The predicted molar refractivity (Wildman–Crippen MR) is 203 cm³/mol. The van der Waals surface area contributed by atoms with Crippen molar-refractivity contribution in [1.29, 1.82) is 0 Å². The summed E-state index contributed by atoms with van der Waals surface area (Å²) in [6, 6.07) is 8.38. The molecular formula is C46H70O2. The molecule has 0 atom stereocenters. The first kappa shape index (κ1) is 37.5. The maximum atomic E-state index is 11.3. The average molecular weight is 655 g/mol. The minimum absolute atomic E-state index is 0.293. The van der Waals surface area contributed by atoms with Crippen molar-refractivity contribution in [3.8, 4) is 23.7 Å². The van der Waals surface area contributed by atoms with E-state index in [0.717, 1.165) is 105 Å². The van der Waals surface area contributed by atoms with Gasteiger partial charge in [0.25, 0.3) is 0 Å². The first-order chi connectivity index (χ1) is 23.4. The molecule has 2 nitrogen and oxygen atoms in total. The SMILES string of the molecule is CCCCCC1CCC(C2CCC(C#Cc3ccc(C#CC4(O)CCC(C5CCC(CCC)CC5)CC4)cc3)(OCCCC)CC2)CC1. The van der Waals surface area contributed by atoms with Crippen LogP contribution in [0.5, 0.6) is 0 Å². The molecule has 0 spiro atoms. The molecule has 1 aromatic carbocycles. The van der Waals surface area contributed by atoms with Gasteiger partial charge >= 0.3 is 0 Å². The van der Waals surface area contributed by atoms with Crippen LogP contribution < -0.4 is 0 Å². The first-order valence-electron chi connectivity index (χ1n) is 21.0. The van der Waals surface area contributed by atoms with Crippen LogP contribution in [0.4, 0.5) is 0 Å². The highest BCUT2D eigenvalue weighted by Crippen LogP contribution is 2.45. The highest BCUT2D eigenvalue weighted by molar-refractivity contribution is 5.43. The normalized spacial score (nSPS) is 34.0. The fraction of sp³-hybridized carbons (Fsp3) is 0.783. The zero-order chi connectivity index (χ0) is 33.7. The standard InChI is InChI=1S/C46H70O2/c1-4-7-9-11-38-18-22-42(23-19-38)44-28-34-46(35-29-44,48-36-8-5-2)33-25-40-14-12-39(13-15-40)24-30-45(47)31-26-43(27-32-45)41-20-16-37(10-6-3)17-21-41/h12-15,37-38,41-44,47H,4-11,16-23,26-29,31-32,34-36H2,1-3H3. The van der Waals surface area contributed by atoms with Gasteiger partial charge in [0.15, 0.2) is 0 Å². The van der Waals surface area contributed by atoms with Gasteiger partial charge in [0.05, 0.1) is 0 Å². The van der Waals surface area contributed by atoms with E-state index in [9.17, 15) is 5.11 Å². The van der Waals surface area contributed by atoms with Gasteiger partial charge in [-0.2, -0.15) is 0 Å². The van der Waals surface area contributed by atoms with Crippen LogP contribution in [0.3, 0.4) is 0 Å². The lowest BCUT2D eigenvalue weighted by molar-refractivity contribution is -0.0438. The Morgan fingerprint density at radius 3 is 1.56 bits per heavy atom. The van der Waals surface area contributed by atoms with Gasteiger partial charge in [-0.15, -0.1) is 0 Å². The average Bonchev–Trinajstić information content (AvgIpc) is 3.12. The van der Waals surface area contributed by atoms with Crippen molar-refractivity contribution in [2.75, 3.05) is 6.61 Å². The predicted octanol–water partition coefficient (Wildman–Crippen LogP) is 12.0. The molecule has 2 heteroatoms. The minimum atomic E-state index is -0.830. The van der Waals surface area contributed by atoms with Gasteiger partial charge in [-0.05, 0) is 143 Å². The van der Waals surface area contributed by atoms with Gasteiger partial charge in [0, 0.05) is 17.7 Å². The Labute approximate surface area is 296 Å². The van der Waals surface area contributed by atoms with Crippen molar-refractivity contribution in [2.45, 2.75) is 186 Å². The Morgan fingerprint density at radius 1 is 0.562 bits per heavy atom. The maximum absolute atomic E-state index is 11.3. The minimum Gasteiger partial charge on any atom is -0.378 e. The quantitative estimate of drug-likeness (QED) is 0.179. The molecule has 0 aromatic heterocycles. The number of hydrogen-bond acceptors (Lipinski definition) is 2. The van der Waals surface area contributed by atoms with E-state index in [1.54, 1.807) is 0 Å². The fourth-order valence-corrected chi connectivity index (χ4v) is 10.0. The van der Waals surface area contributed by atoms with Gasteiger partial charge in [0.2, 0.25) is 0 Å². The second-order valence-corrected chi connectivity index (χ2v) is 16.8. The Balaban J connectivity index is 1.11. The number of unbranched alkanes of at least 4 members (excludes halogenated alkanes) is 3. The Kier molecular flexibility index (Phi) is 14.9. The summed E-state index contributed by atoms with van der Waals surface area (Å²) in [6.45, 7) is 7.70. The third kappa shape index (κ3) is 11.1. The van der Waals surface area contributed by atoms with Crippen LogP contribution in [0.25, 0.3) is 0 Å². The lowest BCUT2D eigenvalue weighted by Crippen LogP contribution is -2.38. The molecule has 0 bridgehead atoms. The molecule has 0 heterocycles. The number of hydrogen-bond donors (Lipinski definition) is 1. The van der Waals surface area contributed by atoms with E-state index >= 15 is 0 Å². The molecule has 1 N–H and O–H groups in total. The molecular weight excluding hydrogens is 585 g/mol. The smallest absolute Gasteiger partial charge is 0.129 e. The highest BCUT2D eigenvalue weighted by Gasteiger charge is 2.39. The van der Waals surface area contributed by atoms with Crippen LogP contribution >= 0.6 is 0 Å². The largest absolute Gasteiger partial charge is 0.378 e. The van der Waals surface area contributed by atoms with Crippen molar-refractivity contribution in [1.82, 2.24) is 0 Å².